The number of esters is 1. The van der Waals surface area contributed by atoms with Crippen LogP contribution >= 0.6 is 0 Å². The van der Waals surface area contributed by atoms with E-state index in [2.05, 4.69) is 26.8 Å². The van der Waals surface area contributed by atoms with Crippen LogP contribution in [0.1, 0.15) is 16.7 Å². The van der Waals surface area contributed by atoms with Gasteiger partial charge in [-0.15, -0.1) is 0 Å². The molecule has 0 aliphatic heterocycles. The van der Waals surface area contributed by atoms with Crippen molar-refractivity contribution in [3.05, 3.63) is 83.6 Å². The van der Waals surface area contributed by atoms with E-state index < -0.39 is 0 Å². The minimum atomic E-state index is -0.369. The molecular weight excluding hydrogens is 364 g/mol. The molecule has 0 radical (unpaired) electrons. The van der Waals surface area contributed by atoms with Crippen LogP contribution in [0.15, 0.2) is 66.9 Å². The van der Waals surface area contributed by atoms with E-state index in [0.717, 1.165) is 41.5 Å². The Morgan fingerprint density at radius 1 is 1.10 bits per heavy atom. The molecule has 0 spiro atoms. The molecule has 0 aliphatic carbocycles. The number of aliphatic hydroxyl groups excluding tert-OH is 1. The number of ether oxygens (including phenoxy) is 1. The lowest BCUT2D eigenvalue weighted by Crippen LogP contribution is -2.28. The third kappa shape index (κ3) is 6.24. The second-order valence-electron chi connectivity index (χ2n) is 6.88. The number of pyridine rings is 1. The first-order valence-corrected chi connectivity index (χ1v) is 9.70. The Balaban J connectivity index is 1.60. The number of hydrogen-bond donors (Lipinski definition) is 1. The summed E-state index contributed by atoms with van der Waals surface area (Å²) >= 11 is 0. The molecule has 5 nitrogen and oxygen atoms in total. The van der Waals surface area contributed by atoms with Gasteiger partial charge in [0.1, 0.15) is 0 Å². The Morgan fingerprint density at radius 2 is 1.90 bits per heavy atom. The number of fused-ring (bicyclic) bond motifs is 1. The summed E-state index contributed by atoms with van der Waals surface area (Å²) in [6.07, 6.45) is 5.94. The molecule has 29 heavy (non-hydrogen) atoms. The fraction of sp³-hybridized carbons (Fsp3) is 0.250. The van der Waals surface area contributed by atoms with Gasteiger partial charge < -0.3 is 9.84 Å². The first kappa shape index (κ1) is 20.7. The predicted molar refractivity (Wildman–Crippen MR) is 115 cm³/mol. The van der Waals surface area contributed by atoms with E-state index in [9.17, 15) is 9.90 Å². The van der Waals surface area contributed by atoms with E-state index in [1.54, 1.807) is 6.08 Å². The summed E-state index contributed by atoms with van der Waals surface area (Å²) in [6, 6.07) is 18.3. The van der Waals surface area contributed by atoms with Crippen LogP contribution in [0.2, 0.25) is 0 Å². The molecule has 1 aromatic heterocycles. The maximum atomic E-state index is 11.2. The summed E-state index contributed by atoms with van der Waals surface area (Å²) in [5.74, 6) is -0.369. The molecule has 0 aliphatic rings. The number of para-hydroxylation sites is 1. The summed E-state index contributed by atoms with van der Waals surface area (Å²) in [4.78, 5) is 17.9. The minimum Gasteiger partial charge on any atom is -0.466 e. The highest BCUT2D eigenvalue weighted by atomic mass is 16.5. The van der Waals surface area contributed by atoms with Gasteiger partial charge in [-0.05, 0) is 41.3 Å². The van der Waals surface area contributed by atoms with E-state index in [4.69, 9.17) is 0 Å². The average molecular weight is 390 g/mol. The van der Waals surface area contributed by atoms with Crippen molar-refractivity contribution < 1.29 is 14.6 Å². The second-order valence-corrected chi connectivity index (χ2v) is 6.88. The van der Waals surface area contributed by atoms with Gasteiger partial charge in [0.25, 0.3) is 0 Å². The smallest absolute Gasteiger partial charge is 0.330 e. The highest BCUT2D eigenvalue weighted by molar-refractivity contribution is 5.86. The summed E-state index contributed by atoms with van der Waals surface area (Å²) < 4.78 is 4.60. The van der Waals surface area contributed by atoms with Gasteiger partial charge in [-0.25, -0.2) is 4.79 Å². The number of nitrogens with zero attached hydrogens (tertiary/aromatic N) is 2. The average Bonchev–Trinajstić information content (AvgIpc) is 2.76. The zero-order chi connectivity index (χ0) is 20.5. The minimum absolute atomic E-state index is 0.121. The standard InChI is InChI=1S/C24H26N2O3/c1-29-24(28)11-10-19-6-8-20(9-7-19)18-26(14-15-27)13-12-21-16-22-4-2-3-5-23(22)25-17-21/h2-11,16-17,27H,12-15,18H2,1H3/b11-10+. The zero-order valence-electron chi connectivity index (χ0n) is 16.6. The Hall–Kier alpha value is -3.02. The van der Waals surface area contributed by atoms with E-state index in [1.807, 2.05) is 48.7 Å². The molecule has 0 fully saturated rings. The van der Waals surface area contributed by atoms with Crippen LogP contribution in [0.5, 0.6) is 0 Å². The van der Waals surface area contributed by atoms with Gasteiger partial charge in [-0.1, -0.05) is 42.5 Å². The SMILES string of the molecule is COC(=O)/C=C/c1ccc(CN(CCO)CCc2cnc3ccccc3c2)cc1. The van der Waals surface area contributed by atoms with Gasteiger partial charge >= 0.3 is 5.97 Å². The van der Waals surface area contributed by atoms with Gasteiger partial charge in [0, 0.05) is 37.3 Å². The lowest BCUT2D eigenvalue weighted by molar-refractivity contribution is -0.134. The fourth-order valence-electron chi connectivity index (χ4n) is 3.18. The van der Waals surface area contributed by atoms with Crippen LogP contribution < -0.4 is 0 Å². The van der Waals surface area contributed by atoms with Crippen LogP contribution in [-0.4, -0.2) is 47.8 Å². The molecule has 0 saturated carbocycles. The predicted octanol–water partition coefficient (Wildman–Crippen LogP) is 3.46. The maximum absolute atomic E-state index is 11.2. The number of aliphatic hydroxyl groups is 1. The summed E-state index contributed by atoms with van der Waals surface area (Å²) in [7, 11) is 1.36. The Morgan fingerprint density at radius 3 is 2.66 bits per heavy atom. The number of benzene rings is 2. The largest absolute Gasteiger partial charge is 0.466 e. The molecular formula is C24H26N2O3. The van der Waals surface area contributed by atoms with Crippen molar-refractivity contribution in [2.45, 2.75) is 13.0 Å². The summed E-state index contributed by atoms with van der Waals surface area (Å²) in [5.41, 5.74) is 4.29. The Labute approximate surface area is 171 Å². The molecule has 2 aromatic carbocycles. The Kier molecular flexibility index (Phi) is 7.50. The second kappa shape index (κ2) is 10.5. The molecule has 0 unspecified atom stereocenters. The van der Waals surface area contributed by atoms with Gasteiger partial charge in [0.15, 0.2) is 0 Å². The van der Waals surface area contributed by atoms with Crippen LogP contribution in [-0.2, 0) is 22.5 Å². The van der Waals surface area contributed by atoms with Crippen molar-refractivity contribution in [3.8, 4) is 0 Å². The monoisotopic (exact) mass is 390 g/mol. The first-order chi connectivity index (χ1) is 14.2. The van der Waals surface area contributed by atoms with E-state index in [-0.39, 0.29) is 12.6 Å². The molecule has 0 atom stereocenters. The van der Waals surface area contributed by atoms with Crippen molar-refractivity contribution >= 4 is 22.9 Å². The van der Waals surface area contributed by atoms with Crippen LogP contribution in [0.3, 0.4) is 0 Å². The summed E-state index contributed by atoms with van der Waals surface area (Å²) in [5, 5.41) is 10.6. The number of carbonyl (C=O) groups is 1. The zero-order valence-corrected chi connectivity index (χ0v) is 16.6. The van der Waals surface area contributed by atoms with Crippen molar-refractivity contribution in [2.24, 2.45) is 0 Å². The topological polar surface area (TPSA) is 62.7 Å². The Bertz CT molecular complexity index is 967. The lowest BCUT2D eigenvalue weighted by Gasteiger charge is -2.21. The maximum Gasteiger partial charge on any atom is 0.330 e. The van der Waals surface area contributed by atoms with E-state index >= 15 is 0 Å². The van der Waals surface area contributed by atoms with E-state index in [0.29, 0.717) is 6.54 Å². The van der Waals surface area contributed by atoms with Gasteiger partial charge in [0.2, 0.25) is 0 Å². The number of methoxy groups -OCH3 is 1. The number of carbonyl (C=O) groups excluding carboxylic acids is 1. The molecule has 5 heteroatoms. The highest BCUT2D eigenvalue weighted by Gasteiger charge is 2.07. The molecule has 150 valence electrons. The molecule has 1 N–H and O–H groups in total. The molecule has 0 amide bonds. The third-order valence-electron chi connectivity index (χ3n) is 4.78. The van der Waals surface area contributed by atoms with Gasteiger partial charge in [-0.2, -0.15) is 0 Å². The van der Waals surface area contributed by atoms with Crippen molar-refractivity contribution in [1.29, 1.82) is 0 Å². The quantitative estimate of drug-likeness (QED) is 0.448. The molecule has 0 bridgehead atoms. The lowest BCUT2D eigenvalue weighted by atomic mass is 10.1. The number of rotatable bonds is 9. The first-order valence-electron chi connectivity index (χ1n) is 9.70. The van der Waals surface area contributed by atoms with Gasteiger partial charge in [0.05, 0.1) is 19.2 Å². The summed E-state index contributed by atoms with van der Waals surface area (Å²) in [6.45, 7) is 2.33. The third-order valence-corrected chi connectivity index (χ3v) is 4.78. The highest BCUT2D eigenvalue weighted by Crippen LogP contribution is 2.14. The van der Waals surface area contributed by atoms with E-state index in [1.165, 1.54) is 18.7 Å². The number of hydrogen-bond acceptors (Lipinski definition) is 5. The molecule has 3 rings (SSSR count). The van der Waals surface area contributed by atoms with Crippen LogP contribution in [0.4, 0.5) is 0 Å². The normalized spacial score (nSPS) is 11.4. The fourth-order valence-corrected chi connectivity index (χ4v) is 3.18. The molecule has 0 saturated heterocycles. The van der Waals surface area contributed by atoms with Gasteiger partial charge in [-0.3, -0.25) is 9.88 Å². The molecule has 1 heterocycles. The van der Waals surface area contributed by atoms with Crippen molar-refractivity contribution in [2.75, 3.05) is 26.8 Å². The molecule has 3 aromatic rings. The number of aromatic nitrogens is 1. The van der Waals surface area contributed by atoms with Crippen LogP contribution in [0, 0.1) is 0 Å². The van der Waals surface area contributed by atoms with Crippen molar-refractivity contribution in [1.82, 2.24) is 9.88 Å². The van der Waals surface area contributed by atoms with Crippen LogP contribution in [0.25, 0.3) is 17.0 Å². The van der Waals surface area contributed by atoms with Crippen molar-refractivity contribution in [3.63, 3.8) is 0 Å².